The summed E-state index contributed by atoms with van der Waals surface area (Å²) in [5, 5.41) is 3.87. The monoisotopic (exact) mass is 586 g/mol. The SMILES string of the molecule is COC1CCC2C3NCCC4C5CC(OC(C)C(=O)N6CCN(C7CCCCC7)CC6)CCC5N(C(=O)C2C1OC)C43. The summed E-state index contributed by atoms with van der Waals surface area (Å²) in [5.74, 6) is 1.59. The minimum Gasteiger partial charge on any atom is -0.379 e. The maximum atomic E-state index is 14.3. The summed E-state index contributed by atoms with van der Waals surface area (Å²) >= 11 is 0. The number of nitrogens with one attached hydrogen (secondary N) is 1. The number of fused-ring (bicyclic) bond motifs is 5. The second-order valence-electron chi connectivity index (χ2n) is 14.5. The Morgan fingerprint density at radius 2 is 1.67 bits per heavy atom. The Hall–Kier alpha value is -1.26. The molecule has 2 amide bonds. The van der Waals surface area contributed by atoms with E-state index in [9.17, 15) is 9.59 Å². The van der Waals surface area contributed by atoms with Gasteiger partial charge in [-0.2, -0.15) is 0 Å². The Kier molecular flexibility index (Phi) is 8.60. The summed E-state index contributed by atoms with van der Waals surface area (Å²) in [4.78, 5) is 34.7. The molecule has 11 atom stereocenters. The van der Waals surface area contributed by atoms with Crippen LogP contribution in [0.3, 0.4) is 0 Å². The molecule has 4 aliphatic heterocycles. The van der Waals surface area contributed by atoms with Crippen LogP contribution in [0.4, 0.5) is 0 Å². The molecule has 42 heavy (non-hydrogen) atoms. The number of carbonyl (C=O) groups is 2. The van der Waals surface area contributed by atoms with E-state index in [1.54, 1.807) is 14.2 Å². The summed E-state index contributed by atoms with van der Waals surface area (Å²) < 4.78 is 18.3. The van der Waals surface area contributed by atoms with Crippen LogP contribution in [-0.2, 0) is 23.8 Å². The number of amides is 2. The van der Waals surface area contributed by atoms with Gasteiger partial charge in [-0.25, -0.2) is 0 Å². The highest BCUT2D eigenvalue weighted by atomic mass is 16.5. The third-order valence-electron chi connectivity index (χ3n) is 12.7. The molecule has 11 unspecified atom stereocenters. The predicted octanol–water partition coefficient (Wildman–Crippen LogP) is 2.66. The van der Waals surface area contributed by atoms with Gasteiger partial charge in [-0.15, -0.1) is 0 Å². The van der Waals surface area contributed by atoms with Gasteiger partial charge in [0.2, 0.25) is 5.91 Å². The lowest BCUT2D eigenvalue weighted by Crippen LogP contribution is -2.70. The fourth-order valence-electron chi connectivity index (χ4n) is 10.8. The summed E-state index contributed by atoms with van der Waals surface area (Å²) in [7, 11) is 3.49. The summed E-state index contributed by atoms with van der Waals surface area (Å²) in [6, 6.07) is 1.60. The highest BCUT2D eigenvalue weighted by Crippen LogP contribution is 2.54. The molecule has 0 aromatic rings. The number of methoxy groups -OCH3 is 2. The van der Waals surface area contributed by atoms with E-state index in [0.29, 0.717) is 29.7 Å². The Labute approximate surface area is 252 Å². The van der Waals surface area contributed by atoms with Crippen LogP contribution < -0.4 is 5.32 Å². The lowest BCUT2D eigenvalue weighted by atomic mass is 9.64. The third kappa shape index (κ3) is 5.03. The lowest BCUT2D eigenvalue weighted by molar-refractivity contribution is -0.175. The average molecular weight is 587 g/mol. The highest BCUT2D eigenvalue weighted by molar-refractivity contribution is 5.83. The molecule has 9 nitrogen and oxygen atoms in total. The summed E-state index contributed by atoms with van der Waals surface area (Å²) in [5.41, 5.74) is 0. The molecule has 0 spiro atoms. The number of ether oxygens (including phenoxy) is 3. The molecule has 0 aromatic heterocycles. The van der Waals surface area contributed by atoms with Crippen molar-refractivity contribution < 1.29 is 23.8 Å². The van der Waals surface area contributed by atoms with Crippen LogP contribution in [0, 0.1) is 23.7 Å². The highest BCUT2D eigenvalue weighted by Gasteiger charge is 2.64. The third-order valence-corrected chi connectivity index (χ3v) is 12.7. The van der Waals surface area contributed by atoms with Crippen molar-refractivity contribution in [1.29, 1.82) is 0 Å². The summed E-state index contributed by atoms with van der Waals surface area (Å²) in [6.45, 7) is 6.61. The van der Waals surface area contributed by atoms with Crippen molar-refractivity contribution in [1.82, 2.24) is 20.0 Å². The van der Waals surface area contributed by atoms with E-state index < -0.39 is 6.10 Å². The second-order valence-corrected chi connectivity index (χ2v) is 14.5. The number of carbonyl (C=O) groups excluding carboxylic acids is 2. The average Bonchev–Trinajstić information content (AvgIpc) is 3.37. The van der Waals surface area contributed by atoms with E-state index in [2.05, 4.69) is 15.1 Å². The molecule has 0 bridgehead atoms. The molecule has 3 saturated carbocycles. The Bertz CT molecular complexity index is 983. The Morgan fingerprint density at radius 3 is 2.40 bits per heavy atom. The van der Waals surface area contributed by atoms with Gasteiger partial charge in [-0.3, -0.25) is 14.5 Å². The Balaban J connectivity index is 0.990. The van der Waals surface area contributed by atoms with E-state index in [1.165, 1.54) is 32.1 Å². The predicted molar refractivity (Wildman–Crippen MR) is 159 cm³/mol. The van der Waals surface area contributed by atoms with Gasteiger partial charge in [0.15, 0.2) is 0 Å². The minimum atomic E-state index is -0.407. The fraction of sp³-hybridized carbons (Fsp3) is 0.939. The van der Waals surface area contributed by atoms with Crippen molar-refractivity contribution in [2.75, 3.05) is 46.9 Å². The van der Waals surface area contributed by atoms with E-state index in [-0.39, 0.29) is 42.2 Å². The molecule has 4 heterocycles. The van der Waals surface area contributed by atoms with Crippen molar-refractivity contribution in [2.24, 2.45) is 23.7 Å². The zero-order valence-electron chi connectivity index (χ0n) is 26.1. The minimum absolute atomic E-state index is 0.0204. The molecular formula is C33H54N4O5. The molecule has 7 rings (SSSR count). The maximum absolute atomic E-state index is 14.3. The smallest absolute Gasteiger partial charge is 0.251 e. The molecule has 236 valence electrons. The molecular weight excluding hydrogens is 532 g/mol. The maximum Gasteiger partial charge on any atom is 0.251 e. The van der Waals surface area contributed by atoms with Crippen molar-refractivity contribution in [3.8, 4) is 0 Å². The van der Waals surface area contributed by atoms with Gasteiger partial charge >= 0.3 is 0 Å². The van der Waals surface area contributed by atoms with E-state index in [1.807, 2.05) is 11.8 Å². The molecule has 1 N–H and O–H groups in total. The van der Waals surface area contributed by atoms with Crippen LogP contribution in [0.25, 0.3) is 0 Å². The topological polar surface area (TPSA) is 83.6 Å². The van der Waals surface area contributed by atoms with Crippen LogP contribution in [0.1, 0.15) is 77.6 Å². The van der Waals surface area contributed by atoms with Gasteiger partial charge in [0.25, 0.3) is 5.91 Å². The van der Waals surface area contributed by atoms with Crippen LogP contribution in [0.5, 0.6) is 0 Å². The first kappa shape index (κ1) is 29.5. The van der Waals surface area contributed by atoms with Gasteiger partial charge in [0, 0.05) is 58.5 Å². The molecule has 0 aromatic carbocycles. The zero-order chi connectivity index (χ0) is 29.0. The van der Waals surface area contributed by atoms with Crippen LogP contribution in [0.2, 0.25) is 0 Å². The van der Waals surface area contributed by atoms with Crippen molar-refractivity contribution in [3.05, 3.63) is 0 Å². The van der Waals surface area contributed by atoms with E-state index in [0.717, 1.165) is 77.3 Å². The number of hydrogen-bond acceptors (Lipinski definition) is 7. The van der Waals surface area contributed by atoms with Gasteiger partial charge < -0.3 is 29.3 Å². The van der Waals surface area contributed by atoms with Crippen molar-refractivity contribution in [3.63, 3.8) is 0 Å². The number of rotatable bonds is 6. The molecule has 9 heteroatoms. The van der Waals surface area contributed by atoms with E-state index in [4.69, 9.17) is 14.2 Å². The molecule has 4 saturated heterocycles. The van der Waals surface area contributed by atoms with Gasteiger partial charge in [-0.05, 0) is 82.6 Å². The Morgan fingerprint density at radius 1 is 0.881 bits per heavy atom. The number of piperidine rings is 2. The van der Waals surface area contributed by atoms with Crippen LogP contribution >= 0.6 is 0 Å². The molecule has 3 aliphatic carbocycles. The first-order valence-electron chi connectivity index (χ1n) is 17.3. The molecule has 7 fully saturated rings. The molecule has 0 radical (unpaired) electrons. The van der Waals surface area contributed by atoms with Gasteiger partial charge in [-0.1, -0.05) is 19.3 Å². The number of hydrogen-bond donors (Lipinski definition) is 1. The van der Waals surface area contributed by atoms with Crippen molar-refractivity contribution in [2.45, 2.75) is 126 Å². The zero-order valence-corrected chi connectivity index (χ0v) is 26.1. The first-order valence-corrected chi connectivity index (χ1v) is 17.3. The first-order chi connectivity index (χ1) is 20.5. The lowest BCUT2D eigenvalue weighted by Gasteiger charge is -2.55. The van der Waals surface area contributed by atoms with Gasteiger partial charge in [0.05, 0.1) is 30.3 Å². The standard InChI is InChI=1S/C33H54N4O5/c1-20(32(38)36-17-15-35(16-18-36)21-7-5-4-6-8-21)42-22-9-11-26-25(19-22)23-13-14-34-29-24-10-12-27(40-2)31(41-3)28(24)33(39)37(26)30(23)29/h20-31,34H,4-19H2,1-3H3. The number of piperazine rings is 1. The van der Waals surface area contributed by atoms with E-state index >= 15 is 0 Å². The van der Waals surface area contributed by atoms with Crippen LogP contribution in [0.15, 0.2) is 0 Å². The second kappa shape index (κ2) is 12.3. The van der Waals surface area contributed by atoms with Crippen LogP contribution in [-0.4, -0.2) is 122 Å². The quantitative estimate of drug-likeness (QED) is 0.513. The fourth-order valence-corrected chi connectivity index (χ4v) is 10.8. The largest absolute Gasteiger partial charge is 0.379 e. The normalized spacial score (nSPS) is 43.5. The van der Waals surface area contributed by atoms with Crippen molar-refractivity contribution >= 4 is 11.8 Å². The number of nitrogens with zero attached hydrogens (tertiary/aromatic N) is 3. The van der Waals surface area contributed by atoms with Gasteiger partial charge in [0.1, 0.15) is 6.10 Å². The summed E-state index contributed by atoms with van der Waals surface area (Å²) in [6.07, 6.45) is 12.1. The molecule has 7 aliphatic rings.